The van der Waals surface area contributed by atoms with E-state index >= 15 is 0 Å². The fraction of sp³-hybridized carbons (Fsp3) is 0.526. The van der Waals surface area contributed by atoms with Crippen molar-refractivity contribution in [2.24, 2.45) is 5.92 Å². The number of pyridine rings is 1. The SMILES string of the molecule is O=C(C[C@@H]1C=C[C@@H](NC(=O)C2CCC2)[C@@H](CO)O1)NCc1ccncc1. The van der Waals surface area contributed by atoms with E-state index in [0.29, 0.717) is 6.54 Å². The van der Waals surface area contributed by atoms with Crippen LogP contribution in [-0.4, -0.2) is 46.8 Å². The van der Waals surface area contributed by atoms with E-state index in [9.17, 15) is 14.7 Å². The smallest absolute Gasteiger partial charge is 0.223 e. The molecule has 2 heterocycles. The molecule has 0 unspecified atom stereocenters. The third kappa shape index (κ3) is 4.89. The van der Waals surface area contributed by atoms with Gasteiger partial charge < -0.3 is 20.5 Å². The van der Waals surface area contributed by atoms with Crippen LogP contribution in [0.1, 0.15) is 31.2 Å². The van der Waals surface area contributed by atoms with Crippen LogP contribution in [0, 0.1) is 5.92 Å². The zero-order valence-electron chi connectivity index (χ0n) is 14.6. The number of hydrogen-bond acceptors (Lipinski definition) is 5. The summed E-state index contributed by atoms with van der Waals surface area (Å²) in [4.78, 5) is 28.1. The molecule has 26 heavy (non-hydrogen) atoms. The molecule has 7 heteroatoms. The van der Waals surface area contributed by atoms with Crippen LogP contribution < -0.4 is 10.6 Å². The highest BCUT2D eigenvalue weighted by Crippen LogP contribution is 2.27. The number of rotatable bonds is 7. The lowest BCUT2D eigenvalue weighted by Gasteiger charge is -2.33. The second-order valence-corrected chi connectivity index (χ2v) is 6.78. The van der Waals surface area contributed by atoms with Crippen LogP contribution in [0.2, 0.25) is 0 Å². The number of carbonyl (C=O) groups is 2. The van der Waals surface area contributed by atoms with Crippen molar-refractivity contribution in [3.63, 3.8) is 0 Å². The van der Waals surface area contributed by atoms with Gasteiger partial charge in [0.1, 0.15) is 6.10 Å². The summed E-state index contributed by atoms with van der Waals surface area (Å²) in [6.07, 6.45) is 9.11. The molecule has 0 aromatic carbocycles. The fourth-order valence-corrected chi connectivity index (χ4v) is 3.04. The molecule has 0 spiro atoms. The minimum absolute atomic E-state index is 0.0153. The first-order valence-electron chi connectivity index (χ1n) is 9.06. The monoisotopic (exact) mass is 359 g/mol. The molecule has 0 saturated heterocycles. The Kier molecular flexibility index (Phi) is 6.35. The summed E-state index contributed by atoms with van der Waals surface area (Å²) in [7, 11) is 0. The summed E-state index contributed by atoms with van der Waals surface area (Å²) in [5.74, 6) is -0.0361. The minimum atomic E-state index is -0.540. The first kappa shape index (κ1) is 18.5. The summed E-state index contributed by atoms with van der Waals surface area (Å²) in [5, 5.41) is 15.3. The van der Waals surface area contributed by atoms with Crippen molar-refractivity contribution in [2.45, 2.75) is 50.5 Å². The van der Waals surface area contributed by atoms with Crippen molar-refractivity contribution in [3.05, 3.63) is 42.2 Å². The molecule has 0 bridgehead atoms. The summed E-state index contributed by atoms with van der Waals surface area (Å²) >= 11 is 0. The molecular formula is C19H25N3O4. The third-order valence-corrected chi connectivity index (χ3v) is 4.87. The standard InChI is InChI=1S/C19H25N3O4/c23-12-17-16(22-19(25)14-2-1-3-14)5-4-15(26-17)10-18(24)21-11-13-6-8-20-9-7-13/h4-9,14-17,23H,1-3,10-12H2,(H,21,24)(H,22,25)/t15-,16+,17+/m0/s1. The van der Waals surface area contributed by atoms with Gasteiger partial charge in [-0.15, -0.1) is 0 Å². The normalized spacial score (nSPS) is 25.3. The Morgan fingerprint density at radius 2 is 2.00 bits per heavy atom. The van der Waals surface area contributed by atoms with Crippen LogP contribution in [0.25, 0.3) is 0 Å². The highest BCUT2D eigenvalue weighted by Gasteiger charge is 2.32. The quantitative estimate of drug-likeness (QED) is 0.622. The van der Waals surface area contributed by atoms with Gasteiger partial charge in [0, 0.05) is 24.9 Å². The van der Waals surface area contributed by atoms with E-state index in [4.69, 9.17) is 4.74 Å². The Morgan fingerprint density at radius 1 is 1.23 bits per heavy atom. The second kappa shape index (κ2) is 8.91. The molecule has 1 aliphatic heterocycles. The van der Waals surface area contributed by atoms with Crippen LogP contribution >= 0.6 is 0 Å². The van der Waals surface area contributed by atoms with Gasteiger partial charge in [0.25, 0.3) is 0 Å². The fourth-order valence-electron chi connectivity index (χ4n) is 3.04. The zero-order valence-corrected chi connectivity index (χ0v) is 14.6. The van der Waals surface area contributed by atoms with E-state index in [1.165, 1.54) is 0 Å². The average Bonchev–Trinajstić information content (AvgIpc) is 2.60. The lowest BCUT2D eigenvalue weighted by atomic mass is 9.84. The highest BCUT2D eigenvalue weighted by molar-refractivity contribution is 5.80. The second-order valence-electron chi connectivity index (χ2n) is 6.78. The van der Waals surface area contributed by atoms with Gasteiger partial charge in [-0.3, -0.25) is 14.6 Å². The molecule has 3 N–H and O–H groups in total. The maximum Gasteiger partial charge on any atom is 0.223 e. The van der Waals surface area contributed by atoms with Gasteiger partial charge >= 0.3 is 0 Å². The van der Waals surface area contributed by atoms with E-state index < -0.39 is 12.2 Å². The largest absolute Gasteiger partial charge is 0.394 e. The van der Waals surface area contributed by atoms with Crippen molar-refractivity contribution in [1.82, 2.24) is 15.6 Å². The molecule has 0 radical (unpaired) electrons. The molecule has 2 amide bonds. The van der Waals surface area contributed by atoms with Gasteiger partial charge in [-0.2, -0.15) is 0 Å². The summed E-state index contributed by atoms with van der Waals surface area (Å²) in [6.45, 7) is 0.219. The van der Waals surface area contributed by atoms with Crippen LogP contribution in [0.4, 0.5) is 0 Å². The highest BCUT2D eigenvalue weighted by atomic mass is 16.5. The molecule has 3 rings (SSSR count). The van der Waals surface area contributed by atoms with Crippen molar-refractivity contribution < 1.29 is 19.4 Å². The molecule has 7 nitrogen and oxygen atoms in total. The molecule has 3 atom stereocenters. The number of nitrogens with one attached hydrogen (secondary N) is 2. The molecule has 1 saturated carbocycles. The average molecular weight is 359 g/mol. The van der Waals surface area contributed by atoms with Gasteiger partial charge in [0.2, 0.25) is 11.8 Å². The topological polar surface area (TPSA) is 101 Å². The lowest BCUT2D eigenvalue weighted by molar-refractivity contribution is -0.132. The number of aromatic nitrogens is 1. The van der Waals surface area contributed by atoms with Crippen molar-refractivity contribution in [2.75, 3.05) is 6.61 Å². The minimum Gasteiger partial charge on any atom is -0.394 e. The Balaban J connectivity index is 1.47. The summed E-state index contributed by atoms with van der Waals surface area (Å²) in [5.41, 5.74) is 0.973. The molecule has 1 aliphatic carbocycles. The number of hydrogen-bond donors (Lipinski definition) is 3. The van der Waals surface area contributed by atoms with Gasteiger partial charge in [-0.1, -0.05) is 18.6 Å². The Bertz CT molecular complexity index is 645. The summed E-state index contributed by atoms with van der Waals surface area (Å²) < 4.78 is 5.78. The van der Waals surface area contributed by atoms with E-state index in [2.05, 4.69) is 15.6 Å². The van der Waals surface area contributed by atoms with Crippen molar-refractivity contribution in [3.8, 4) is 0 Å². The maximum atomic E-state index is 12.1. The first-order chi connectivity index (χ1) is 12.7. The summed E-state index contributed by atoms with van der Waals surface area (Å²) in [6, 6.07) is 3.33. The third-order valence-electron chi connectivity index (χ3n) is 4.87. The molecule has 1 fully saturated rings. The van der Waals surface area contributed by atoms with Gasteiger partial charge in [-0.25, -0.2) is 0 Å². The lowest BCUT2D eigenvalue weighted by Crippen LogP contribution is -2.51. The number of carbonyl (C=O) groups excluding carboxylic acids is 2. The molecule has 1 aromatic rings. The maximum absolute atomic E-state index is 12.1. The predicted molar refractivity (Wildman–Crippen MR) is 94.9 cm³/mol. The van der Waals surface area contributed by atoms with Crippen LogP contribution in [0.15, 0.2) is 36.7 Å². The molecule has 1 aromatic heterocycles. The van der Waals surface area contributed by atoms with Crippen LogP contribution in [0.3, 0.4) is 0 Å². The number of ether oxygens (including phenoxy) is 1. The Morgan fingerprint density at radius 3 is 2.65 bits per heavy atom. The Labute approximate surface area is 152 Å². The van der Waals surface area contributed by atoms with E-state index in [0.717, 1.165) is 24.8 Å². The van der Waals surface area contributed by atoms with Crippen LogP contribution in [0.5, 0.6) is 0 Å². The Hall–Kier alpha value is -2.25. The van der Waals surface area contributed by atoms with E-state index in [1.54, 1.807) is 18.5 Å². The van der Waals surface area contributed by atoms with Crippen molar-refractivity contribution >= 4 is 11.8 Å². The number of amides is 2. The van der Waals surface area contributed by atoms with Gasteiger partial charge in [0.05, 0.1) is 25.2 Å². The number of aliphatic hydroxyl groups is 1. The van der Waals surface area contributed by atoms with Crippen LogP contribution in [-0.2, 0) is 20.9 Å². The van der Waals surface area contributed by atoms with E-state index in [1.807, 2.05) is 18.2 Å². The molecule has 140 valence electrons. The zero-order chi connectivity index (χ0) is 18.4. The van der Waals surface area contributed by atoms with Gasteiger partial charge in [-0.05, 0) is 30.5 Å². The molecular weight excluding hydrogens is 334 g/mol. The van der Waals surface area contributed by atoms with Crippen molar-refractivity contribution in [1.29, 1.82) is 0 Å². The van der Waals surface area contributed by atoms with Gasteiger partial charge in [0.15, 0.2) is 0 Å². The number of nitrogens with zero attached hydrogens (tertiary/aromatic N) is 1. The predicted octanol–water partition coefficient (Wildman–Crippen LogP) is 0.689. The number of aliphatic hydroxyl groups excluding tert-OH is 1. The first-order valence-corrected chi connectivity index (χ1v) is 9.06. The van der Waals surface area contributed by atoms with E-state index in [-0.39, 0.29) is 36.8 Å². The molecule has 2 aliphatic rings.